The smallest absolute Gasteiger partial charge is 0.238 e. The largest absolute Gasteiger partial charge is 0.325 e. The van der Waals surface area contributed by atoms with Crippen LogP contribution in [-0.2, 0) is 11.2 Å². The summed E-state index contributed by atoms with van der Waals surface area (Å²) < 4.78 is 0. The van der Waals surface area contributed by atoms with E-state index in [0.717, 1.165) is 24.2 Å². The van der Waals surface area contributed by atoms with Gasteiger partial charge in [-0.25, -0.2) is 0 Å². The molecule has 3 nitrogen and oxygen atoms in total. The van der Waals surface area contributed by atoms with Gasteiger partial charge in [0.15, 0.2) is 0 Å². The van der Waals surface area contributed by atoms with Crippen molar-refractivity contribution in [2.24, 2.45) is 0 Å². The number of rotatable bonds is 6. The van der Waals surface area contributed by atoms with Gasteiger partial charge in [0, 0.05) is 10.7 Å². The normalized spacial score (nSPS) is 10.4. The van der Waals surface area contributed by atoms with Gasteiger partial charge in [-0.15, -0.1) is 0 Å². The zero-order valence-corrected chi connectivity index (χ0v) is 12.8. The highest BCUT2D eigenvalue weighted by Crippen LogP contribution is 2.19. The van der Waals surface area contributed by atoms with Gasteiger partial charge in [0.25, 0.3) is 0 Å². The van der Waals surface area contributed by atoms with Crippen molar-refractivity contribution in [3.05, 3.63) is 64.7 Å². The third-order valence-corrected chi connectivity index (χ3v) is 3.58. The van der Waals surface area contributed by atoms with Crippen LogP contribution in [0.5, 0.6) is 0 Å². The molecule has 2 aromatic carbocycles. The Balaban J connectivity index is 1.71. The van der Waals surface area contributed by atoms with E-state index in [0.29, 0.717) is 11.6 Å². The Kier molecular flexibility index (Phi) is 5.78. The summed E-state index contributed by atoms with van der Waals surface area (Å²) >= 11 is 6.02. The number of carbonyl (C=O) groups excluding carboxylic acids is 1. The molecule has 2 N–H and O–H groups in total. The summed E-state index contributed by atoms with van der Waals surface area (Å²) in [4.78, 5) is 11.8. The van der Waals surface area contributed by atoms with Gasteiger partial charge in [-0.2, -0.15) is 0 Å². The van der Waals surface area contributed by atoms with Crippen LogP contribution in [0.1, 0.15) is 11.1 Å². The number of nitrogens with one attached hydrogen (secondary N) is 2. The lowest BCUT2D eigenvalue weighted by atomic mass is 10.1. The Morgan fingerprint density at radius 1 is 1.14 bits per heavy atom. The zero-order chi connectivity index (χ0) is 15.1. The van der Waals surface area contributed by atoms with Crippen LogP contribution in [0.4, 0.5) is 5.69 Å². The molecule has 0 saturated heterocycles. The topological polar surface area (TPSA) is 41.1 Å². The summed E-state index contributed by atoms with van der Waals surface area (Å²) in [6.07, 6.45) is 0.907. The fourth-order valence-corrected chi connectivity index (χ4v) is 2.14. The number of aryl methyl sites for hydroxylation is 1. The lowest BCUT2D eigenvalue weighted by Gasteiger charge is -2.08. The molecule has 0 radical (unpaired) electrons. The molecular weight excluding hydrogens is 284 g/mol. The van der Waals surface area contributed by atoms with E-state index in [9.17, 15) is 4.79 Å². The van der Waals surface area contributed by atoms with Crippen molar-refractivity contribution in [1.29, 1.82) is 0 Å². The lowest BCUT2D eigenvalue weighted by Crippen LogP contribution is -2.29. The number of benzene rings is 2. The van der Waals surface area contributed by atoms with Crippen LogP contribution in [-0.4, -0.2) is 19.0 Å². The third kappa shape index (κ3) is 5.21. The molecule has 0 aliphatic rings. The van der Waals surface area contributed by atoms with E-state index in [4.69, 9.17) is 11.6 Å². The van der Waals surface area contributed by atoms with E-state index in [2.05, 4.69) is 22.8 Å². The minimum atomic E-state index is -0.0667. The average Bonchev–Trinajstić information content (AvgIpc) is 2.49. The maximum atomic E-state index is 11.8. The molecule has 2 aromatic rings. The van der Waals surface area contributed by atoms with Crippen LogP contribution in [0, 0.1) is 6.92 Å². The van der Waals surface area contributed by atoms with Gasteiger partial charge in [-0.3, -0.25) is 4.79 Å². The van der Waals surface area contributed by atoms with E-state index in [-0.39, 0.29) is 5.91 Å². The van der Waals surface area contributed by atoms with E-state index in [1.807, 2.05) is 37.3 Å². The van der Waals surface area contributed by atoms with Gasteiger partial charge >= 0.3 is 0 Å². The van der Waals surface area contributed by atoms with Crippen LogP contribution in [0.15, 0.2) is 48.5 Å². The SMILES string of the molecule is Cc1ccc(NC(=O)CNCCc2ccccc2)cc1Cl. The maximum absolute atomic E-state index is 11.8. The fourth-order valence-electron chi connectivity index (χ4n) is 1.96. The van der Waals surface area contributed by atoms with Crippen molar-refractivity contribution >= 4 is 23.2 Å². The van der Waals surface area contributed by atoms with Crippen molar-refractivity contribution in [1.82, 2.24) is 5.32 Å². The predicted octanol–water partition coefficient (Wildman–Crippen LogP) is 3.42. The highest BCUT2D eigenvalue weighted by Gasteiger charge is 2.03. The predicted molar refractivity (Wildman–Crippen MR) is 87.8 cm³/mol. The molecule has 0 bridgehead atoms. The number of hydrogen-bond acceptors (Lipinski definition) is 2. The van der Waals surface area contributed by atoms with Gasteiger partial charge in [0.2, 0.25) is 5.91 Å². The minimum Gasteiger partial charge on any atom is -0.325 e. The van der Waals surface area contributed by atoms with E-state index in [1.54, 1.807) is 6.07 Å². The summed E-state index contributed by atoms with van der Waals surface area (Å²) in [5.41, 5.74) is 2.98. The molecule has 4 heteroatoms. The second kappa shape index (κ2) is 7.81. The molecule has 0 heterocycles. The first-order chi connectivity index (χ1) is 10.1. The van der Waals surface area contributed by atoms with E-state index < -0.39 is 0 Å². The Bertz CT molecular complexity index is 599. The Morgan fingerprint density at radius 3 is 2.62 bits per heavy atom. The summed E-state index contributed by atoms with van der Waals surface area (Å²) in [6, 6.07) is 15.7. The number of halogens is 1. The molecule has 1 amide bonds. The first-order valence-corrected chi connectivity index (χ1v) is 7.33. The van der Waals surface area contributed by atoms with Gasteiger partial charge in [0.05, 0.1) is 6.54 Å². The van der Waals surface area contributed by atoms with Crippen molar-refractivity contribution in [2.75, 3.05) is 18.4 Å². The first-order valence-electron chi connectivity index (χ1n) is 6.96. The summed E-state index contributed by atoms with van der Waals surface area (Å²) in [6.45, 7) is 2.99. The average molecular weight is 303 g/mol. The number of carbonyl (C=O) groups is 1. The molecule has 0 aromatic heterocycles. The van der Waals surface area contributed by atoms with Crippen molar-refractivity contribution < 1.29 is 4.79 Å². The van der Waals surface area contributed by atoms with Gasteiger partial charge < -0.3 is 10.6 Å². The number of hydrogen-bond donors (Lipinski definition) is 2. The summed E-state index contributed by atoms with van der Waals surface area (Å²) in [5, 5.41) is 6.61. The standard InChI is InChI=1S/C17H19ClN2O/c1-13-7-8-15(11-16(13)18)20-17(21)12-19-10-9-14-5-3-2-4-6-14/h2-8,11,19H,9-10,12H2,1H3,(H,20,21). The fraction of sp³-hybridized carbons (Fsp3) is 0.235. The maximum Gasteiger partial charge on any atom is 0.238 e. The zero-order valence-electron chi connectivity index (χ0n) is 12.0. The lowest BCUT2D eigenvalue weighted by molar-refractivity contribution is -0.115. The first kappa shape index (κ1) is 15.5. The van der Waals surface area contributed by atoms with Gasteiger partial charge in [-0.05, 0) is 43.1 Å². The monoisotopic (exact) mass is 302 g/mol. The molecule has 0 atom stereocenters. The van der Waals surface area contributed by atoms with Crippen LogP contribution in [0.2, 0.25) is 5.02 Å². The highest BCUT2D eigenvalue weighted by molar-refractivity contribution is 6.31. The molecule has 110 valence electrons. The Hall–Kier alpha value is -1.84. The quantitative estimate of drug-likeness (QED) is 0.803. The number of amides is 1. The molecule has 0 aliphatic carbocycles. The molecule has 0 aliphatic heterocycles. The van der Waals surface area contributed by atoms with Gasteiger partial charge in [-0.1, -0.05) is 48.0 Å². The van der Waals surface area contributed by atoms with Crippen molar-refractivity contribution in [3.63, 3.8) is 0 Å². The minimum absolute atomic E-state index is 0.0667. The van der Waals surface area contributed by atoms with Crippen molar-refractivity contribution in [2.45, 2.75) is 13.3 Å². The van der Waals surface area contributed by atoms with Gasteiger partial charge in [0.1, 0.15) is 0 Å². The van der Waals surface area contributed by atoms with Crippen LogP contribution in [0.3, 0.4) is 0 Å². The molecule has 21 heavy (non-hydrogen) atoms. The van der Waals surface area contributed by atoms with Crippen LogP contribution < -0.4 is 10.6 Å². The molecule has 0 fully saturated rings. The molecular formula is C17H19ClN2O. The summed E-state index contributed by atoms with van der Waals surface area (Å²) in [7, 11) is 0. The second-order valence-electron chi connectivity index (χ2n) is 4.92. The highest BCUT2D eigenvalue weighted by atomic mass is 35.5. The molecule has 0 unspecified atom stereocenters. The van der Waals surface area contributed by atoms with E-state index in [1.165, 1.54) is 5.56 Å². The summed E-state index contributed by atoms with van der Waals surface area (Å²) in [5.74, 6) is -0.0667. The number of anilines is 1. The Morgan fingerprint density at radius 2 is 1.90 bits per heavy atom. The Labute approximate surface area is 130 Å². The molecule has 2 rings (SSSR count). The van der Waals surface area contributed by atoms with Crippen LogP contribution >= 0.6 is 11.6 Å². The van der Waals surface area contributed by atoms with Crippen LogP contribution in [0.25, 0.3) is 0 Å². The van der Waals surface area contributed by atoms with Crippen molar-refractivity contribution in [3.8, 4) is 0 Å². The molecule has 0 saturated carbocycles. The molecule has 0 spiro atoms. The van der Waals surface area contributed by atoms with E-state index >= 15 is 0 Å². The third-order valence-electron chi connectivity index (χ3n) is 3.17. The second-order valence-corrected chi connectivity index (χ2v) is 5.33.